The lowest BCUT2D eigenvalue weighted by atomic mass is 10.0. The molecule has 2 N–H and O–H groups in total. The first-order valence-corrected chi connectivity index (χ1v) is 12.4. The summed E-state index contributed by atoms with van der Waals surface area (Å²) in [7, 11) is 1.65. The highest BCUT2D eigenvalue weighted by Gasteiger charge is 2.33. The van der Waals surface area contributed by atoms with Crippen LogP contribution in [0.2, 0.25) is 0 Å². The molecule has 0 radical (unpaired) electrons. The number of amides is 2. The summed E-state index contributed by atoms with van der Waals surface area (Å²) in [6.45, 7) is 4.79. The van der Waals surface area contributed by atoms with Gasteiger partial charge in [-0.2, -0.15) is 0 Å². The number of benzene rings is 3. The molecule has 0 fully saturated rings. The van der Waals surface area contributed by atoms with Crippen LogP contribution in [0, 0.1) is 0 Å². The maximum Gasteiger partial charge on any atom is 0.249 e. The SMILES string of the molecule is CCNC(C)C(=O)NC1CCc2ccccc2N(Cc2c(OC)ccc3cc(Br)ccc23)C1=O.Cl. The number of anilines is 1. The van der Waals surface area contributed by atoms with Gasteiger partial charge in [0, 0.05) is 15.7 Å². The van der Waals surface area contributed by atoms with E-state index in [0.29, 0.717) is 25.9 Å². The smallest absolute Gasteiger partial charge is 0.249 e. The van der Waals surface area contributed by atoms with Crippen LogP contribution in [0.3, 0.4) is 0 Å². The van der Waals surface area contributed by atoms with Crippen molar-refractivity contribution in [1.29, 1.82) is 0 Å². The van der Waals surface area contributed by atoms with Crippen LogP contribution in [0.15, 0.2) is 59.1 Å². The summed E-state index contributed by atoms with van der Waals surface area (Å²) in [5.74, 6) is 0.447. The topological polar surface area (TPSA) is 70.7 Å². The molecule has 2 unspecified atom stereocenters. The fraction of sp³-hybridized carbons (Fsp3) is 0.333. The second-order valence-electron chi connectivity index (χ2n) is 8.54. The van der Waals surface area contributed by atoms with E-state index in [4.69, 9.17) is 4.74 Å². The van der Waals surface area contributed by atoms with Crippen molar-refractivity contribution < 1.29 is 14.3 Å². The van der Waals surface area contributed by atoms with E-state index in [0.717, 1.165) is 37.8 Å². The van der Waals surface area contributed by atoms with Gasteiger partial charge in [-0.25, -0.2) is 0 Å². The van der Waals surface area contributed by atoms with Crippen LogP contribution in [0.1, 0.15) is 31.4 Å². The highest BCUT2D eigenvalue weighted by Crippen LogP contribution is 2.35. The molecule has 186 valence electrons. The molecular formula is C27H31BrClN3O3. The lowest BCUT2D eigenvalue weighted by Gasteiger charge is -2.28. The van der Waals surface area contributed by atoms with Crippen LogP contribution in [-0.4, -0.2) is 37.6 Å². The molecule has 3 aromatic rings. The average Bonchev–Trinajstić information content (AvgIpc) is 2.96. The number of likely N-dealkylation sites (N-methyl/N-ethyl adjacent to an activating group) is 1. The minimum atomic E-state index is -0.601. The first-order valence-electron chi connectivity index (χ1n) is 11.6. The van der Waals surface area contributed by atoms with Crippen molar-refractivity contribution in [2.75, 3.05) is 18.6 Å². The first kappa shape index (κ1) is 27.0. The molecular weight excluding hydrogens is 530 g/mol. The number of aryl methyl sites for hydroxylation is 1. The number of halogens is 2. The molecule has 1 heterocycles. The summed E-state index contributed by atoms with van der Waals surface area (Å²) in [5, 5.41) is 8.19. The van der Waals surface area contributed by atoms with Crippen molar-refractivity contribution in [3.63, 3.8) is 0 Å². The fourth-order valence-electron chi connectivity index (χ4n) is 4.57. The first-order chi connectivity index (χ1) is 16.4. The molecule has 0 aromatic heterocycles. The van der Waals surface area contributed by atoms with Crippen LogP contribution in [0.5, 0.6) is 5.75 Å². The summed E-state index contributed by atoms with van der Waals surface area (Å²) in [4.78, 5) is 28.4. The van der Waals surface area contributed by atoms with Gasteiger partial charge in [0.25, 0.3) is 0 Å². The van der Waals surface area contributed by atoms with Crippen LogP contribution < -0.4 is 20.3 Å². The monoisotopic (exact) mass is 559 g/mol. The maximum absolute atomic E-state index is 13.9. The summed E-state index contributed by atoms with van der Waals surface area (Å²) in [6, 6.07) is 17.1. The van der Waals surface area contributed by atoms with Crippen molar-refractivity contribution in [2.24, 2.45) is 0 Å². The molecule has 1 aliphatic rings. The Hall–Kier alpha value is -2.61. The molecule has 0 aliphatic carbocycles. The van der Waals surface area contributed by atoms with Gasteiger partial charge in [-0.3, -0.25) is 9.59 Å². The van der Waals surface area contributed by atoms with Gasteiger partial charge < -0.3 is 20.3 Å². The normalized spacial score (nSPS) is 16.2. The average molecular weight is 561 g/mol. The Bertz CT molecular complexity index is 1220. The Balaban J connectivity index is 0.00000342. The van der Waals surface area contributed by atoms with Gasteiger partial charge in [0.1, 0.15) is 11.8 Å². The molecule has 2 atom stereocenters. The number of hydrogen-bond acceptors (Lipinski definition) is 4. The minimum absolute atomic E-state index is 0. The maximum atomic E-state index is 13.9. The molecule has 0 spiro atoms. The second-order valence-corrected chi connectivity index (χ2v) is 9.46. The van der Waals surface area contributed by atoms with E-state index in [-0.39, 0.29) is 30.3 Å². The van der Waals surface area contributed by atoms with Crippen molar-refractivity contribution in [2.45, 2.75) is 45.3 Å². The Morgan fingerprint density at radius 1 is 1.20 bits per heavy atom. The Kier molecular flexibility index (Phi) is 9.16. The molecule has 2 amide bonds. The van der Waals surface area contributed by atoms with E-state index < -0.39 is 6.04 Å². The van der Waals surface area contributed by atoms with Crippen molar-refractivity contribution in [3.8, 4) is 5.75 Å². The molecule has 0 saturated carbocycles. The highest BCUT2D eigenvalue weighted by molar-refractivity contribution is 9.10. The largest absolute Gasteiger partial charge is 0.496 e. The van der Waals surface area contributed by atoms with Crippen molar-refractivity contribution in [3.05, 3.63) is 70.2 Å². The number of carbonyl (C=O) groups is 2. The lowest BCUT2D eigenvalue weighted by Crippen LogP contribution is -2.52. The summed E-state index contributed by atoms with van der Waals surface area (Å²) >= 11 is 3.54. The number of nitrogens with one attached hydrogen (secondary N) is 2. The fourth-order valence-corrected chi connectivity index (χ4v) is 4.94. The van der Waals surface area contributed by atoms with E-state index in [2.05, 4.69) is 38.7 Å². The number of fused-ring (bicyclic) bond motifs is 2. The van der Waals surface area contributed by atoms with Gasteiger partial charge >= 0.3 is 0 Å². The van der Waals surface area contributed by atoms with E-state index in [1.807, 2.05) is 56.3 Å². The van der Waals surface area contributed by atoms with Gasteiger partial charge in [-0.05, 0) is 66.9 Å². The summed E-state index contributed by atoms with van der Waals surface area (Å²) in [6.07, 6.45) is 1.26. The molecule has 8 heteroatoms. The van der Waals surface area contributed by atoms with Gasteiger partial charge in [-0.1, -0.05) is 53.2 Å². The van der Waals surface area contributed by atoms with E-state index >= 15 is 0 Å². The molecule has 0 bridgehead atoms. The number of carbonyl (C=O) groups excluding carboxylic acids is 2. The van der Waals surface area contributed by atoms with Gasteiger partial charge in [-0.15, -0.1) is 12.4 Å². The zero-order valence-corrected chi connectivity index (χ0v) is 22.5. The quantitative estimate of drug-likeness (QED) is 0.427. The molecule has 1 aliphatic heterocycles. The zero-order chi connectivity index (χ0) is 24.2. The van der Waals surface area contributed by atoms with Crippen LogP contribution in [0.4, 0.5) is 5.69 Å². The standard InChI is InChI=1S/C27H30BrN3O3.ClH/c1-4-29-17(2)26(32)30-23-13-9-18-7-5-6-8-24(18)31(27(23)33)16-22-21-12-11-20(28)15-19(21)10-14-25(22)34-3;/h5-8,10-12,14-15,17,23,29H,4,9,13,16H2,1-3H3,(H,30,32);1H. The number of nitrogens with zero attached hydrogens (tertiary/aromatic N) is 1. The van der Waals surface area contributed by atoms with Gasteiger partial charge in [0.15, 0.2) is 0 Å². The van der Waals surface area contributed by atoms with Gasteiger partial charge in [0.05, 0.1) is 19.7 Å². The molecule has 3 aromatic carbocycles. The predicted octanol–water partition coefficient (Wildman–Crippen LogP) is 4.99. The van der Waals surface area contributed by atoms with Crippen LogP contribution in [-0.2, 0) is 22.6 Å². The second kappa shape index (κ2) is 11.9. The number of para-hydroxylation sites is 1. The van der Waals surface area contributed by atoms with E-state index in [1.54, 1.807) is 12.0 Å². The molecule has 4 rings (SSSR count). The number of ether oxygens (including phenoxy) is 1. The van der Waals surface area contributed by atoms with Gasteiger partial charge in [0.2, 0.25) is 11.8 Å². The predicted molar refractivity (Wildman–Crippen MR) is 146 cm³/mol. The third-order valence-electron chi connectivity index (χ3n) is 6.36. The Morgan fingerprint density at radius 2 is 1.97 bits per heavy atom. The molecule has 0 saturated heterocycles. The van der Waals surface area contributed by atoms with E-state index in [1.165, 1.54) is 0 Å². The number of hydrogen-bond donors (Lipinski definition) is 2. The zero-order valence-electron chi connectivity index (χ0n) is 20.1. The van der Waals surface area contributed by atoms with E-state index in [9.17, 15) is 9.59 Å². The highest BCUT2D eigenvalue weighted by atomic mass is 79.9. The molecule has 35 heavy (non-hydrogen) atoms. The molecule has 6 nitrogen and oxygen atoms in total. The Morgan fingerprint density at radius 3 is 2.71 bits per heavy atom. The minimum Gasteiger partial charge on any atom is -0.496 e. The van der Waals surface area contributed by atoms with Crippen LogP contribution in [0.25, 0.3) is 10.8 Å². The lowest BCUT2D eigenvalue weighted by molar-refractivity contribution is -0.128. The summed E-state index contributed by atoms with van der Waals surface area (Å²) < 4.78 is 6.69. The summed E-state index contributed by atoms with van der Waals surface area (Å²) in [5.41, 5.74) is 2.90. The number of rotatable bonds is 7. The van der Waals surface area contributed by atoms with Crippen molar-refractivity contribution in [1.82, 2.24) is 10.6 Å². The third kappa shape index (κ3) is 5.80. The van der Waals surface area contributed by atoms with Crippen molar-refractivity contribution >= 4 is 56.6 Å². The number of methoxy groups -OCH3 is 1. The van der Waals surface area contributed by atoms with Crippen LogP contribution >= 0.6 is 28.3 Å². The Labute approximate surface area is 220 Å². The third-order valence-corrected chi connectivity index (χ3v) is 6.85.